The molecule has 0 aromatic heterocycles. The Balaban J connectivity index is 1.87. The highest BCUT2D eigenvalue weighted by molar-refractivity contribution is 14.1. The molecule has 0 saturated carbocycles. The largest absolute Gasteiger partial charge is 0.490 e. The van der Waals surface area contributed by atoms with Crippen LogP contribution in [-0.4, -0.2) is 41.4 Å². The second kappa shape index (κ2) is 9.94. The van der Waals surface area contributed by atoms with Crippen molar-refractivity contribution in [2.45, 2.75) is 32.4 Å². The number of hydrogen-bond acceptors (Lipinski definition) is 4. The van der Waals surface area contributed by atoms with E-state index in [1.165, 1.54) is 4.90 Å². The highest BCUT2D eigenvalue weighted by Gasteiger charge is 2.30. The van der Waals surface area contributed by atoms with Crippen molar-refractivity contribution in [3.8, 4) is 5.75 Å². The van der Waals surface area contributed by atoms with E-state index in [0.717, 1.165) is 14.9 Å². The number of benzene rings is 2. The number of carbonyl (C=O) groups excluding carboxylic acids is 1. The monoisotopic (exact) mass is 483 g/mol. The first-order valence-electron chi connectivity index (χ1n) is 8.83. The molecule has 0 aliphatic heterocycles. The molecule has 27 heavy (non-hydrogen) atoms. The zero-order valence-corrected chi connectivity index (χ0v) is 18.0. The summed E-state index contributed by atoms with van der Waals surface area (Å²) in [5.74, 6) is 0.735. The van der Waals surface area contributed by atoms with Crippen molar-refractivity contribution in [1.29, 1.82) is 0 Å². The minimum Gasteiger partial charge on any atom is -0.490 e. The van der Waals surface area contributed by atoms with Gasteiger partial charge in [0.05, 0.1) is 12.6 Å². The Morgan fingerprint density at radius 1 is 1.07 bits per heavy atom. The SMILES string of the molecule is CC(C)(C)N(C[C@H](O)c1ccccc1)C(=O)OCCOc1ccc(I)cc1. The summed E-state index contributed by atoms with van der Waals surface area (Å²) in [6.45, 7) is 6.30. The van der Waals surface area contributed by atoms with Gasteiger partial charge in [-0.2, -0.15) is 0 Å². The van der Waals surface area contributed by atoms with Crippen molar-refractivity contribution >= 4 is 28.7 Å². The Labute approximate surface area is 174 Å². The Hall–Kier alpha value is -1.80. The highest BCUT2D eigenvalue weighted by atomic mass is 127. The van der Waals surface area contributed by atoms with Gasteiger partial charge in [0.15, 0.2) is 0 Å². The molecule has 0 bridgehead atoms. The molecule has 1 atom stereocenters. The number of carbonyl (C=O) groups is 1. The van der Waals surface area contributed by atoms with Gasteiger partial charge >= 0.3 is 6.09 Å². The van der Waals surface area contributed by atoms with Gasteiger partial charge in [-0.3, -0.25) is 0 Å². The van der Waals surface area contributed by atoms with Crippen LogP contribution in [-0.2, 0) is 4.74 Å². The van der Waals surface area contributed by atoms with E-state index in [9.17, 15) is 9.90 Å². The molecule has 0 aliphatic carbocycles. The lowest BCUT2D eigenvalue weighted by Crippen LogP contribution is -2.48. The van der Waals surface area contributed by atoms with Gasteiger partial charge in [-0.1, -0.05) is 30.3 Å². The van der Waals surface area contributed by atoms with Gasteiger partial charge in [-0.05, 0) is 73.2 Å². The molecule has 0 spiro atoms. The summed E-state index contributed by atoms with van der Waals surface area (Å²) in [6, 6.07) is 16.9. The number of rotatable bonds is 7. The van der Waals surface area contributed by atoms with E-state index >= 15 is 0 Å². The van der Waals surface area contributed by atoms with Crippen molar-refractivity contribution in [3.05, 3.63) is 63.7 Å². The van der Waals surface area contributed by atoms with Gasteiger partial charge in [-0.25, -0.2) is 4.79 Å². The zero-order chi connectivity index (χ0) is 19.9. The van der Waals surface area contributed by atoms with Gasteiger partial charge in [0.2, 0.25) is 0 Å². The van der Waals surface area contributed by atoms with Gasteiger partial charge in [-0.15, -0.1) is 0 Å². The van der Waals surface area contributed by atoms with E-state index in [1.54, 1.807) is 0 Å². The molecule has 2 rings (SSSR count). The minimum absolute atomic E-state index is 0.138. The van der Waals surface area contributed by atoms with Crippen LogP contribution in [0.4, 0.5) is 4.79 Å². The van der Waals surface area contributed by atoms with E-state index in [2.05, 4.69) is 22.6 Å². The van der Waals surface area contributed by atoms with Crippen LogP contribution in [0.2, 0.25) is 0 Å². The van der Waals surface area contributed by atoms with E-state index in [4.69, 9.17) is 9.47 Å². The molecule has 0 saturated heterocycles. The molecule has 1 N–H and O–H groups in total. The molecule has 5 nitrogen and oxygen atoms in total. The van der Waals surface area contributed by atoms with E-state index in [0.29, 0.717) is 0 Å². The third kappa shape index (κ3) is 7.03. The molecule has 0 heterocycles. The summed E-state index contributed by atoms with van der Waals surface area (Å²) in [4.78, 5) is 14.1. The maximum Gasteiger partial charge on any atom is 0.410 e. The summed E-state index contributed by atoms with van der Waals surface area (Å²) in [5, 5.41) is 10.5. The Bertz CT molecular complexity index is 713. The Morgan fingerprint density at radius 3 is 2.30 bits per heavy atom. The zero-order valence-electron chi connectivity index (χ0n) is 15.9. The van der Waals surface area contributed by atoms with Crippen molar-refractivity contribution in [2.24, 2.45) is 0 Å². The summed E-state index contributed by atoms with van der Waals surface area (Å²) >= 11 is 2.23. The third-order valence-corrected chi connectivity index (χ3v) is 4.68. The number of aliphatic hydroxyl groups excluding tert-OH is 1. The van der Waals surface area contributed by atoms with E-state index in [1.807, 2.05) is 75.4 Å². The van der Waals surface area contributed by atoms with Crippen LogP contribution >= 0.6 is 22.6 Å². The number of β-amino-alcohol motifs (C(OH)–C–C–N with tert-alkyl or cyclic N) is 1. The van der Waals surface area contributed by atoms with Crippen molar-refractivity contribution < 1.29 is 19.4 Å². The molecule has 0 unspecified atom stereocenters. The van der Waals surface area contributed by atoms with Gasteiger partial charge in [0, 0.05) is 9.11 Å². The number of hydrogen-bond donors (Lipinski definition) is 1. The first-order valence-corrected chi connectivity index (χ1v) is 9.91. The van der Waals surface area contributed by atoms with Crippen LogP contribution in [0.1, 0.15) is 32.4 Å². The van der Waals surface area contributed by atoms with Gasteiger partial charge in [0.1, 0.15) is 19.0 Å². The fourth-order valence-corrected chi connectivity index (χ4v) is 2.83. The van der Waals surface area contributed by atoms with Crippen molar-refractivity contribution in [3.63, 3.8) is 0 Å². The number of ether oxygens (including phenoxy) is 2. The van der Waals surface area contributed by atoms with Crippen LogP contribution in [0.5, 0.6) is 5.75 Å². The van der Waals surface area contributed by atoms with Crippen molar-refractivity contribution in [2.75, 3.05) is 19.8 Å². The maximum atomic E-state index is 12.5. The minimum atomic E-state index is -0.777. The number of amides is 1. The molecule has 0 fully saturated rings. The normalized spacial score (nSPS) is 12.3. The molecular weight excluding hydrogens is 457 g/mol. The fourth-order valence-electron chi connectivity index (χ4n) is 2.47. The molecule has 0 radical (unpaired) electrons. The van der Waals surface area contributed by atoms with Crippen LogP contribution in [0.25, 0.3) is 0 Å². The average Bonchev–Trinajstić information content (AvgIpc) is 2.64. The molecule has 6 heteroatoms. The van der Waals surface area contributed by atoms with Gasteiger partial charge in [0.25, 0.3) is 0 Å². The van der Waals surface area contributed by atoms with Gasteiger partial charge < -0.3 is 19.5 Å². The average molecular weight is 483 g/mol. The van der Waals surface area contributed by atoms with Crippen LogP contribution in [0, 0.1) is 3.57 Å². The Kier molecular flexibility index (Phi) is 7.91. The third-order valence-electron chi connectivity index (χ3n) is 3.96. The molecule has 1 amide bonds. The number of aliphatic hydroxyl groups is 1. The van der Waals surface area contributed by atoms with Crippen LogP contribution < -0.4 is 4.74 Å². The highest BCUT2D eigenvalue weighted by Crippen LogP contribution is 2.21. The second-order valence-corrected chi connectivity index (χ2v) is 8.37. The number of nitrogens with zero attached hydrogens (tertiary/aromatic N) is 1. The fraction of sp³-hybridized carbons (Fsp3) is 0.381. The summed E-state index contributed by atoms with van der Waals surface area (Å²) in [5.41, 5.74) is 0.283. The lowest BCUT2D eigenvalue weighted by Gasteiger charge is -2.36. The second-order valence-electron chi connectivity index (χ2n) is 7.12. The molecule has 2 aromatic rings. The molecule has 2 aromatic carbocycles. The lowest BCUT2D eigenvalue weighted by atomic mass is 10.0. The standard InChI is InChI=1S/C21H26INO4/c1-21(2,3)23(15-19(24)16-7-5-4-6-8-16)20(25)27-14-13-26-18-11-9-17(22)10-12-18/h4-12,19,24H,13-15H2,1-3H3/t19-/m0/s1. The summed E-state index contributed by atoms with van der Waals surface area (Å²) in [6.07, 6.45) is -1.25. The quantitative estimate of drug-likeness (QED) is 0.461. The summed E-state index contributed by atoms with van der Waals surface area (Å²) in [7, 11) is 0. The van der Waals surface area contributed by atoms with Crippen molar-refractivity contribution in [1.82, 2.24) is 4.90 Å². The molecule has 146 valence electrons. The predicted octanol–water partition coefficient (Wildman–Crippen LogP) is 4.64. The topological polar surface area (TPSA) is 59.0 Å². The van der Waals surface area contributed by atoms with E-state index < -0.39 is 17.7 Å². The van der Waals surface area contributed by atoms with E-state index in [-0.39, 0.29) is 19.8 Å². The summed E-state index contributed by atoms with van der Waals surface area (Å²) < 4.78 is 12.1. The Morgan fingerprint density at radius 2 is 1.70 bits per heavy atom. The number of halogens is 1. The lowest BCUT2D eigenvalue weighted by molar-refractivity contribution is 0.0313. The first kappa shape index (κ1) is 21.5. The molecular formula is C21H26INO4. The predicted molar refractivity (Wildman–Crippen MR) is 114 cm³/mol. The first-order chi connectivity index (χ1) is 12.8. The maximum absolute atomic E-state index is 12.5. The smallest absolute Gasteiger partial charge is 0.410 e. The van der Waals surface area contributed by atoms with Crippen LogP contribution in [0.3, 0.4) is 0 Å². The molecule has 0 aliphatic rings. The van der Waals surface area contributed by atoms with Crippen LogP contribution in [0.15, 0.2) is 54.6 Å².